The second-order valence-corrected chi connectivity index (χ2v) is 4.11. The minimum Gasteiger partial charge on any atom is -0.385 e. The van der Waals surface area contributed by atoms with Gasteiger partial charge in [-0.05, 0) is 32.2 Å². The zero-order valence-electron chi connectivity index (χ0n) is 9.79. The standard InChI is InChI=1S/C11H22N2O2/c1-13(10-5-6-10)11(14)9-12-7-3-4-8-15-2/h10,12H,3-9H2,1-2H3. The first kappa shape index (κ1) is 12.5. The van der Waals surface area contributed by atoms with E-state index >= 15 is 0 Å². The van der Waals surface area contributed by atoms with Crippen molar-refractivity contribution >= 4 is 5.91 Å². The van der Waals surface area contributed by atoms with E-state index in [0.717, 1.165) is 26.0 Å². The quantitative estimate of drug-likeness (QED) is 0.602. The number of hydrogen-bond acceptors (Lipinski definition) is 3. The molecule has 0 spiro atoms. The van der Waals surface area contributed by atoms with Crippen LogP contribution in [0.3, 0.4) is 0 Å². The fraction of sp³-hybridized carbons (Fsp3) is 0.909. The molecular formula is C11H22N2O2. The normalized spacial score (nSPS) is 15.3. The Bertz CT molecular complexity index is 193. The van der Waals surface area contributed by atoms with Crippen LogP contribution >= 0.6 is 0 Å². The molecule has 1 saturated carbocycles. The van der Waals surface area contributed by atoms with Crippen molar-refractivity contribution < 1.29 is 9.53 Å². The Balaban J connectivity index is 1.92. The van der Waals surface area contributed by atoms with E-state index in [1.54, 1.807) is 7.11 Å². The number of hydrogen-bond donors (Lipinski definition) is 1. The lowest BCUT2D eigenvalue weighted by Crippen LogP contribution is -2.37. The monoisotopic (exact) mass is 214 g/mol. The van der Waals surface area contributed by atoms with Gasteiger partial charge in [-0.15, -0.1) is 0 Å². The Morgan fingerprint density at radius 1 is 1.47 bits per heavy atom. The maximum atomic E-state index is 11.6. The molecule has 0 heterocycles. The van der Waals surface area contributed by atoms with E-state index in [0.29, 0.717) is 12.6 Å². The summed E-state index contributed by atoms with van der Waals surface area (Å²) in [6.07, 6.45) is 4.47. The number of ether oxygens (including phenoxy) is 1. The number of methoxy groups -OCH3 is 1. The van der Waals surface area contributed by atoms with Crippen LogP contribution in [0.15, 0.2) is 0 Å². The Morgan fingerprint density at radius 2 is 2.20 bits per heavy atom. The van der Waals surface area contributed by atoms with Crippen LogP contribution in [0, 0.1) is 0 Å². The van der Waals surface area contributed by atoms with Crippen LogP contribution in [0.2, 0.25) is 0 Å². The largest absolute Gasteiger partial charge is 0.385 e. The van der Waals surface area contributed by atoms with Crippen molar-refractivity contribution in [2.24, 2.45) is 0 Å². The van der Waals surface area contributed by atoms with Gasteiger partial charge in [0, 0.05) is 26.8 Å². The second-order valence-electron chi connectivity index (χ2n) is 4.11. The van der Waals surface area contributed by atoms with Gasteiger partial charge in [0.05, 0.1) is 6.54 Å². The number of likely N-dealkylation sites (N-methyl/N-ethyl adjacent to an activating group) is 1. The number of carbonyl (C=O) groups is 1. The molecule has 1 amide bonds. The van der Waals surface area contributed by atoms with Crippen molar-refractivity contribution in [1.29, 1.82) is 0 Å². The van der Waals surface area contributed by atoms with Gasteiger partial charge in [0.1, 0.15) is 0 Å². The molecular weight excluding hydrogens is 192 g/mol. The fourth-order valence-corrected chi connectivity index (χ4v) is 1.48. The second kappa shape index (κ2) is 6.80. The first-order valence-corrected chi connectivity index (χ1v) is 5.71. The van der Waals surface area contributed by atoms with E-state index in [-0.39, 0.29) is 5.91 Å². The molecule has 4 heteroatoms. The molecule has 15 heavy (non-hydrogen) atoms. The Hall–Kier alpha value is -0.610. The highest BCUT2D eigenvalue weighted by Crippen LogP contribution is 2.24. The highest BCUT2D eigenvalue weighted by atomic mass is 16.5. The van der Waals surface area contributed by atoms with Crippen LogP contribution < -0.4 is 5.32 Å². The SMILES string of the molecule is COCCCCNCC(=O)N(C)C1CC1. The van der Waals surface area contributed by atoms with Crippen molar-refractivity contribution in [2.75, 3.05) is 33.9 Å². The van der Waals surface area contributed by atoms with Crippen LogP contribution in [0.4, 0.5) is 0 Å². The molecule has 1 aliphatic carbocycles. The first-order valence-electron chi connectivity index (χ1n) is 5.71. The molecule has 1 aliphatic rings. The topological polar surface area (TPSA) is 41.6 Å². The first-order chi connectivity index (χ1) is 7.25. The van der Waals surface area contributed by atoms with E-state index in [1.807, 2.05) is 11.9 Å². The van der Waals surface area contributed by atoms with E-state index in [4.69, 9.17) is 4.74 Å². The summed E-state index contributed by atoms with van der Waals surface area (Å²) < 4.78 is 4.94. The van der Waals surface area contributed by atoms with Crippen LogP contribution in [-0.4, -0.2) is 50.7 Å². The Morgan fingerprint density at radius 3 is 2.80 bits per heavy atom. The van der Waals surface area contributed by atoms with E-state index < -0.39 is 0 Å². The summed E-state index contributed by atoms with van der Waals surface area (Å²) in [5.74, 6) is 0.212. The highest BCUT2D eigenvalue weighted by Gasteiger charge is 2.28. The summed E-state index contributed by atoms with van der Waals surface area (Å²) in [6, 6.07) is 0.521. The number of nitrogens with one attached hydrogen (secondary N) is 1. The van der Waals surface area contributed by atoms with Crippen LogP contribution in [-0.2, 0) is 9.53 Å². The number of nitrogens with zero attached hydrogens (tertiary/aromatic N) is 1. The van der Waals surface area contributed by atoms with Gasteiger partial charge in [0.2, 0.25) is 5.91 Å². The lowest BCUT2D eigenvalue weighted by Gasteiger charge is -2.16. The summed E-state index contributed by atoms with van der Waals surface area (Å²) in [4.78, 5) is 13.4. The third-order valence-electron chi connectivity index (χ3n) is 2.72. The summed E-state index contributed by atoms with van der Waals surface area (Å²) in [5, 5.41) is 3.16. The van der Waals surface area contributed by atoms with Crippen molar-refractivity contribution in [2.45, 2.75) is 31.7 Å². The summed E-state index contributed by atoms with van der Waals surface area (Å²) in [5.41, 5.74) is 0. The summed E-state index contributed by atoms with van der Waals surface area (Å²) in [7, 11) is 3.61. The predicted molar refractivity (Wildman–Crippen MR) is 59.8 cm³/mol. The maximum absolute atomic E-state index is 11.6. The van der Waals surface area contributed by atoms with Gasteiger partial charge in [0.15, 0.2) is 0 Å². The summed E-state index contributed by atoms with van der Waals surface area (Å²) >= 11 is 0. The fourth-order valence-electron chi connectivity index (χ4n) is 1.48. The number of unbranched alkanes of at least 4 members (excludes halogenated alkanes) is 1. The van der Waals surface area contributed by atoms with Gasteiger partial charge in [0.25, 0.3) is 0 Å². The van der Waals surface area contributed by atoms with Crippen molar-refractivity contribution in [1.82, 2.24) is 10.2 Å². The molecule has 0 saturated heterocycles. The van der Waals surface area contributed by atoms with Crippen molar-refractivity contribution in [3.05, 3.63) is 0 Å². The lowest BCUT2D eigenvalue weighted by molar-refractivity contribution is -0.129. The molecule has 88 valence electrons. The zero-order valence-corrected chi connectivity index (χ0v) is 9.79. The van der Waals surface area contributed by atoms with E-state index in [1.165, 1.54) is 12.8 Å². The minimum absolute atomic E-state index is 0.212. The molecule has 0 atom stereocenters. The van der Waals surface area contributed by atoms with E-state index in [9.17, 15) is 4.79 Å². The van der Waals surface area contributed by atoms with Gasteiger partial charge in [-0.3, -0.25) is 4.79 Å². The van der Waals surface area contributed by atoms with Crippen molar-refractivity contribution in [3.63, 3.8) is 0 Å². The number of carbonyl (C=O) groups excluding carboxylic acids is 1. The third-order valence-corrected chi connectivity index (χ3v) is 2.72. The molecule has 0 aliphatic heterocycles. The molecule has 0 bridgehead atoms. The molecule has 1 fully saturated rings. The van der Waals surface area contributed by atoms with Crippen LogP contribution in [0.25, 0.3) is 0 Å². The molecule has 0 aromatic rings. The van der Waals surface area contributed by atoms with Gasteiger partial charge in [-0.1, -0.05) is 0 Å². The van der Waals surface area contributed by atoms with Gasteiger partial charge in [-0.2, -0.15) is 0 Å². The zero-order chi connectivity index (χ0) is 11.1. The average Bonchev–Trinajstić information content (AvgIpc) is 3.05. The summed E-state index contributed by atoms with van der Waals surface area (Å²) in [6.45, 7) is 2.17. The number of amides is 1. The van der Waals surface area contributed by atoms with E-state index in [2.05, 4.69) is 5.32 Å². The Kier molecular flexibility index (Phi) is 5.65. The van der Waals surface area contributed by atoms with Gasteiger partial charge >= 0.3 is 0 Å². The predicted octanol–water partition coefficient (Wildman–Crippen LogP) is 0.623. The smallest absolute Gasteiger partial charge is 0.236 e. The molecule has 0 radical (unpaired) electrons. The molecule has 0 unspecified atom stereocenters. The highest BCUT2D eigenvalue weighted by molar-refractivity contribution is 5.78. The third kappa shape index (κ3) is 5.14. The minimum atomic E-state index is 0.212. The lowest BCUT2D eigenvalue weighted by atomic mass is 10.3. The molecule has 0 aromatic carbocycles. The van der Waals surface area contributed by atoms with Gasteiger partial charge in [-0.25, -0.2) is 0 Å². The molecule has 1 rings (SSSR count). The van der Waals surface area contributed by atoms with Crippen molar-refractivity contribution in [3.8, 4) is 0 Å². The maximum Gasteiger partial charge on any atom is 0.236 e. The molecule has 1 N–H and O–H groups in total. The molecule has 4 nitrogen and oxygen atoms in total. The van der Waals surface area contributed by atoms with Crippen LogP contribution in [0.1, 0.15) is 25.7 Å². The Labute approximate surface area is 92.0 Å². The molecule has 0 aromatic heterocycles. The average molecular weight is 214 g/mol. The number of rotatable bonds is 8. The van der Waals surface area contributed by atoms with Gasteiger partial charge < -0.3 is 15.0 Å². The van der Waals surface area contributed by atoms with Crippen LogP contribution in [0.5, 0.6) is 0 Å².